The van der Waals surface area contributed by atoms with Crippen LogP contribution in [0.15, 0.2) is 30.7 Å². The summed E-state index contributed by atoms with van der Waals surface area (Å²) in [5.74, 6) is 0.981. The first-order chi connectivity index (χ1) is 12.7. The number of rotatable bonds is 4. The summed E-state index contributed by atoms with van der Waals surface area (Å²) in [4.78, 5) is 23.7. The first kappa shape index (κ1) is 17.2. The molecule has 6 heteroatoms. The molecule has 1 atom stereocenters. The molecule has 2 aliphatic heterocycles. The van der Waals surface area contributed by atoms with Gasteiger partial charge in [-0.2, -0.15) is 0 Å². The number of imidazole rings is 1. The van der Waals surface area contributed by atoms with Crippen molar-refractivity contribution in [2.24, 2.45) is 18.9 Å². The van der Waals surface area contributed by atoms with E-state index in [0.29, 0.717) is 11.8 Å². The first-order valence-electron chi connectivity index (χ1n) is 9.50. The third-order valence-electron chi connectivity index (χ3n) is 5.55. The smallest absolute Gasteiger partial charge is 0.225 e. The van der Waals surface area contributed by atoms with Crippen LogP contribution in [0.1, 0.15) is 25.0 Å². The van der Waals surface area contributed by atoms with Crippen molar-refractivity contribution in [3.63, 3.8) is 0 Å². The third kappa shape index (κ3) is 3.65. The second-order valence-electron chi connectivity index (χ2n) is 7.43. The number of ether oxygens (including phenoxy) is 1. The maximum Gasteiger partial charge on any atom is 0.225 e. The zero-order valence-electron chi connectivity index (χ0n) is 15.3. The number of carbonyl (C=O) groups excluding carboxylic acids is 1. The molecule has 2 fully saturated rings. The summed E-state index contributed by atoms with van der Waals surface area (Å²) in [6.45, 7) is 3.17. The lowest BCUT2D eigenvalue weighted by Crippen LogP contribution is -2.37. The van der Waals surface area contributed by atoms with Crippen LogP contribution in [-0.2, 0) is 23.0 Å². The number of aromatic nitrogens is 3. The van der Waals surface area contributed by atoms with Crippen molar-refractivity contribution in [1.29, 1.82) is 0 Å². The predicted octanol–water partition coefficient (Wildman–Crippen LogP) is 2.30. The minimum atomic E-state index is 0.161. The van der Waals surface area contributed by atoms with Gasteiger partial charge in [0.2, 0.25) is 5.91 Å². The standard InChI is InChI=1S/C20H26N4O2/c1-23-14-21-12-19(23)18-4-2-3-17(22-18)11-15-5-8-24(13-15)20(25)16-6-9-26-10-7-16/h2-4,12,14-16H,5-11,13H2,1H3/t15-/m0/s1. The molecule has 0 spiro atoms. The van der Waals surface area contributed by atoms with Crippen molar-refractivity contribution in [1.82, 2.24) is 19.4 Å². The molecule has 0 aromatic carbocycles. The summed E-state index contributed by atoms with van der Waals surface area (Å²) in [5, 5.41) is 0. The summed E-state index contributed by atoms with van der Waals surface area (Å²) in [7, 11) is 1.98. The zero-order chi connectivity index (χ0) is 17.9. The number of hydrogen-bond donors (Lipinski definition) is 0. The van der Waals surface area contributed by atoms with E-state index < -0.39 is 0 Å². The van der Waals surface area contributed by atoms with Crippen LogP contribution in [0.5, 0.6) is 0 Å². The first-order valence-corrected chi connectivity index (χ1v) is 9.50. The Bertz CT molecular complexity index is 767. The lowest BCUT2D eigenvalue weighted by Gasteiger charge is -2.26. The fraction of sp³-hybridized carbons (Fsp3) is 0.550. The van der Waals surface area contributed by atoms with E-state index in [-0.39, 0.29) is 5.92 Å². The molecule has 0 saturated carbocycles. The molecule has 0 aliphatic carbocycles. The maximum atomic E-state index is 12.7. The monoisotopic (exact) mass is 354 g/mol. The van der Waals surface area contributed by atoms with Gasteiger partial charge in [-0.15, -0.1) is 0 Å². The van der Waals surface area contributed by atoms with E-state index in [9.17, 15) is 4.79 Å². The van der Waals surface area contributed by atoms with Crippen molar-refractivity contribution in [2.75, 3.05) is 26.3 Å². The molecule has 4 rings (SSSR count). The summed E-state index contributed by atoms with van der Waals surface area (Å²) < 4.78 is 7.36. The maximum absolute atomic E-state index is 12.7. The second kappa shape index (κ2) is 7.58. The highest BCUT2D eigenvalue weighted by molar-refractivity contribution is 5.79. The molecule has 2 aromatic rings. The Kier molecular flexibility index (Phi) is 5.02. The van der Waals surface area contributed by atoms with Gasteiger partial charge in [-0.1, -0.05) is 6.07 Å². The van der Waals surface area contributed by atoms with Gasteiger partial charge in [0.15, 0.2) is 0 Å². The Labute approximate surface area is 154 Å². The van der Waals surface area contributed by atoms with Crippen molar-refractivity contribution in [3.05, 3.63) is 36.4 Å². The highest BCUT2D eigenvalue weighted by Gasteiger charge is 2.31. The van der Waals surface area contributed by atoms with Crippen molar-refractivity contribution >= 4 is 5.91 Å². The molecule has 2 aromatic heterocycles. The van der Waals surface area contributed by atoms with E-state index in [4.69, 9.17) is 9.72 Å². The SMILES string of the molecule is Cn1cncc1-c1cccc(C[C@@H]2CCN(C(=O)C3CCOCC3)C2)n1. The molecule has 138 valence electrons. The average Bonchev–Trinajstić information content (AvgIpc) is 3.31. The molecular weight excluding hydrogens is 328 g/mol. The molecule has 4 heterocycles. The fourth-order valence-corrected chi connectivity index (χ4v) is 4.04. The number of pyridine rings is 1. The van der Waals surface area contributed by atoms with Crippen LogP contribution in [0.2, 0.25) is 0 Å². The number of aryl methyl sites for hydroxylation is 1. The molecule has 0 radical (unpaired) electrons. The topological polar surface area (TPSA) is 60.2 Å². The largest absolute Gasteiger partial charge is 0.381 e. The summed E-state index contributed by atoms with van der Waals surface area (Å²) >= 11 is 0. The van der Waals surface area contributed by atoms with E-state index >= 15 is 0 Å². The van der Waals surface area contributed by atoms with Gasteiger partial charge in [0.25, 0.3) is 0 Å². The highest BCUT2D eigenvalue weighted by atomic mass is 16.5. The fourth-order valence-electron chi connectivity index (χ4n) is 4.04. The summed E-state index contributed by atoms with van der Waals surface area (Å²) in [5.41, 5.74) is 3.07. The number of amides is 1. The van der Waals surface area contributed by atoms with Gasteiger partial charge in [-0.3, -0.25) is 9.78 Å². The molecule has 0 bridgehead atoms. The second-order valence-corrected chi connectivity index (χ2v) is 7.43. The lowest BCUT2D eigenvalue weighted by molar-refractivity contribution is -0.137. The minimum absolute atomic E-state index is 0.161. The van der Waals surface area contributed by atoms with Crippen LogP contribution in [-0.4, -0.2) is 51.6 Å². The number of carbonyl (C=O) groups is 1. The van der Waals surface area contributed by atoms with Crippen LogP contribution in [0.4, 0.5) is 0 Å². The zero-order valence-corrected chi connectivity index (χ0v) is 15.3. The van der Waals surface area contributed by atoms with Gasteiger partial charge >= 0.3 is 0 Å². The Morgan fingerprint density at radius 2 is 2.12 bits per heavy atom. The van der Waals surface area contributed by atoms with Crippen LogP contribution in [0.3, 0.4) is 0 Å². The van der Waals surface area contributed by atoms with Gasteiger partial charge in [-0.25, -0.2) is 4.98 Å². The minimum Gasteiger partial charge on any atom is -0.381 e. The van der Waals surface area contributed by atoms with Gasteiger partial charge < -0.3 is 14.2 Å². The Balaban J connectivity index is 1.38. The highest BCUT2D eigenvalue weighted by Crippen LogP contribution is 2.25. The molecule has 2 saturated heterocycles. The number of likely N-dealkylation sites (tertiary alicyclic amines) is 1. The number of nitrogens with zero attached hydrogens (tertiary/aromatic N) is 4. The lowest BCUT2D eigenvalue weighted by atomic mass is 9.98. The molecule has 26 heavy (non-hydrogen) atoms. The average molecular weight is 354 g/mol. The van der Waals surface area contributed by atoms with Crippen molar-refractivity contribution in [2.45, 2.75) is 25.7 Å². The Hall–Kier alpha value is -2.21. The van der Waals surface area contributed by atoms with Crippen molar-refractivity contribution < 1.29 is 9.53 Å². The van der Waals surface area contributed by atoms with E-state index in [1.165, 1.54) is 0 Å². The van der Waals surface area contributed by atoms with Crippen molar-refractivity contribution in [3.8, 4) is 11.4 Å². The van der Waals surface area contributed by atoms with Gasteiger partial charge in [0.05, 0.1) is 23.9 Å². The Morgan fingerprint density at radius 3 is 2.88 bits per heavy atom. The molecular formula is C20H26N4O2. The normalized spacial score (nSPS) is 21.3. The quantitative estimate of drug-likeness (QED) is 0.845. The molecule has 0 N–H and O–H groups in total. The van der Waals surface area contributed by atoms with E-state index in [1.807, 2.05) is 23.9 Å². The van der Waals surface area contributed by atoms with Gasteiger partial charge in [-0.05, 0) is 43.7 Å². The van der Waals surface area contributed by atoms with Crippen LogP contribution in [0, 0.1) is 11.8 Å². The Morgan fingerprint density at radius 1 is 1.27 bits per heavy atom. The van der Waals surface area contributed by atoms with Gasteiger partial charge in [0, 0.05) is 45.0 Å². The van der Waals surface area contributed by atoms with E-state index in [0.717, 1.165) is 69.1 Å². The molecule has 0 unspecified atom stereocenters. The van der Waals surface area contributed by atoms with Crippen LogP contribution >= 0.6 is 0 Å². The predicted molar refractivity (Wildman–Crippen MR) is 98.4 cm³/mol. The number of hydrogen-bond acceptors (Lipinski definition) is 4. The molecule has 1 amide bonds. The van der Waals surface area contributed by atoms with Crippen LogP contribution < -0.4 is 0 Å². The van der Waals surface area contributed by atoms with Gasteiger partial charge in [0.1, 0.15) is 0 Å². The third-order valence-corrected chi connectivity index (χ3v) is 5.55. The molecule has 6 nitrogen and oxygen atoms in total. The summed E-state index contributed by atoms with van der Waals surface area (Å²) in [6, 6.07) is 6.17. The van der Waals surface area contributed by atoms with E-state index in [2.05, 4.69) is 22.0 Å². The molecule has 2 aliphatic rings. The summed E-state index contributed by atoms with van der Waals surface area (Å²) in [6.07, 6.45) is 7.36. The van der Waals surface area contributed by atoms with E-state index in [1.54, 1.807) is 6.33 Å². The van der Waals surface area contributed by atoms with Crippen LogP contribution in [0.25, 0.3) is 11.4 Å².